The van der Waals surface area contributed by atoms with E-state index in [-0.39, 0.29) is 0 Å². The maximum absolute atomic E-state index is 5.41. The van der Waals surface area contributed by atoms with Crippen molar-refractivity contribution in [2.75, 3.05) is 33.3 Å². The summed E-state index contributed by atoms with van der Waals surface area (Å²) in [6.45, 7) is 7.27. The second kappa shape index (κ2) is 6.86. The van der Waals surface area contributed by atoms with Crippen molar-refractivity contribution in [3.63, 3.8) is 0 Å². The molecule has 25 heavy (non-hydrogen) atoms. The van der Waals surface area contributed by atoms with Gasteiger partial charge in [0, 0.05) is 44.0 Å². The number of pyridine rings is 1. The maximum Gasteiger partial charge on any atom is 0.137 e. The zero-order valence-corrected chi connectivity index (χ0v) is 14.8. The van der Waals surface area contributed by atoms with E-state index in [0.29, 0.717) is 0 Å². The molecule has 3 heterocycles. The first-order valence-corrected chi connectivity index (χ1v) is 8.81. The molecule has 1 N–H and O–H groups in total. The van der Waals surface area contributed by atoms with Crippen LogP contribution in [0.4, 0.5) is 0 Å². The smallest absolute Gasteiger partial charge is 0.137 e. The lowest BCUT2D eigenvalue weighted by atomic mass is 10.1. The number of benzene rings is 1. The minimum Gasteiger partial charge on any atom is -0.497 e. The molecule has 1 aliphatic rings. The lowest BCUT2D eigenvalue weighted by molar-refractivity contribution is 0.230. The molecule has 0 bridgehead atoms. The Morgan fingerprint density at radius 1 is 1.12 bits per heavy atom. The maximum atomic E-state index is 5.41. The number of nitrogens with zero attached hydrogens (tertiary/aromatic N) is 3. The number of fused-ring (bicyclic) bond motifs is 1. The molecule has 0 atom stereocenters. The van der Waals surface area contributed by atoms with Crippen LogP contribution in [0.25, 0.3) is 16.9 Å². The number of nitrogens with one attached hydrogen (secondary N) is 1. The van der Waals surface area contributed by atoms with Gasteiger partial charge < -0.3 is 10.1 Å². The lowest BCUT2D eigenvalue weighted by Gasteiger charge is -2.27. The fraction of sp³-hybridized carbons (Fsp3) is 0.350. The van der Waals surface area contributed by atoms with Crippen LogP contribution in [0.5, 0.6) is 5.75 Å². The summed E-state index contributed by atoms with van der Waals surface area (Å²) in [6.07, 6.45) is 0. The van der Waals surface area contributed by atoms with Crippen LogP contribution in [0.2, 0.25) is 0 Å². The van der Waals surface area contributed by atoms with Crippen LogP contribution in [-0.2, 0) is 6.54 Å². The Morgan fingerprint density at radius 3 is 2.72 bits per heavy atom. The van der Waals surface area contributed by atoms with E-state index in [0.717, 1.165) is 55.4 Å². The van der Waals surface area contributed by atoms with Gasteiger partial charge in [-0.1, -0.05) is 18.2 Å². The van der Waals surface area contributed by atoms with Gasteiger partial charge in [-0.05, 0) is 31.2 Å². The van der Waals surface area contributed by atoms with Crippen LogP contribution in [0.15, 0.2) is 42.5 Å². The second-order valence-electron chi connectivity index (χ2n) is 6.53. The average molecular weight is 336 g/mol. The van der Waals surface area contributed by atoms with Crippen LogP contribution >= 0.6 is 0 Å². The highest BCUT2D eigenvalue weighted by atomic mass is 16.5. The fourth-order valence-electron chi connectivity index (χ4n) is 3.55. The van der Waals surface area contributed by atoms with Crippen LogP contribution in [0.1, 0.15) is 11.4 Å². The van der Waals surface area contributed by atoms with Crippen LogP contribution in [-0.4, -0.2) is 47.6 Å². The molecule has 0 amide bonds. The molecule has 3 aromatic rings. The molecule has 4 rings (SSSR count). The molecule has 1 aromatic carbocycles. The highest BCUT2D eigenvalue weighted by Crippen LogP contribution is 2.29. The third-order valence-electron chi connectivity index (χ3n) is 4.86. The van der Waals surface area contributed by atoms with Crippen molar-refractivity contribution in [2.24, 2.45) is 0 Å². The summed E-state index contributed by atoms with van der Waals surface area (Å²) in [5.74, 6) is 0.861. The van der Waals surface area contributed by atoms with Crippen LogP contribution in [0, 0.1) is 6.92 Å². The largest absolute Gasteiger partial charge is 0.497 e. The Bertz CT molecular complexity index is 881. The summed E-state index contributed by atoms with van der Waals surface area (Å²) >= 11 is 0. The Labute approximate surface area is 148 Å². The van der Waals surface area contributed by atoms with E-state index in [2.05, 4.69) is 51.9 Å². The van der Waals surface area contributed by atoms with E-state index in [9.17, 15) is 0 Å². The van der Waals surface area contributed by atoms with Crippen molar-refractivity contribution in [1.82, 2.24) is 19.6 Å². The predicted octanol–water partition coefficient (Wildman–Crippen LogP) is 2.72. The van der Waals surface area contributed by atoms with Crippen LogP contribution < -0.4 is 10.1 Å². The number of methoxy groups -OCH3 is 1. The second-order valence-corrected chi connectivity index (χ2v) is 6.53. The normalized spacial score (nSPS) is 15.6. The number of piperazine rings is 1. The molecule has 0 aliphatic carbocycles. The minimum atomic E-state index is 0.861. The summed E-state index contributed by atoms with van der Waals surface area (Å²) in [4.78, 5) is 7.45. The first-order valence-electron chi connectivity index (χ1n) is 8.81. The van der Waals surface area contributed by atoms with Gasteiger partial charge in [-0.3, -0.25) is 9.30 Å². The van der Waals surface area contributed by atoms with Crippen molar-refractivity contribution >= 4 is 5.65 Å². The summed E-state index contributed by atoms with van der Waals surface area (Å²) < 4.78 is 7.70. The highest BCUT2D eigenvalue weighted by molar-refractivity contribution is 5.68. The number of imidazole rings is 1. The van der Waals surface area contributed by atoms with Crippen molar-refractivity contribution in [1.29, 1.82) is 0 Å². The number of aromatic nitrogens is 2. The topological polar surface area (TPSA) is 41.8 Å². The molecule has 5 nitrogen and oxygen atoms in total. The Kier molecular flexibility index (Phi) is 4.42. The molecule has 130 valence electrons. The van der Waals surface area contributed by atoms with Gasteiger partial charge in [-0.15, -0.1) is 0 Å². The summed E-state index contributed by atoms with van der Waals surface area (Å²) in [5, 5.41) is 3.42. The molecule has 1 fully saturated rings. The number of ether oxygens (including phenoxy) is 1. The number of rotatable bonds is 4. The number of aryl methyl sites for hydroxylation is 1. The van der Waals surface area contributed by atoms with Crippen molar-refractivity contribution in [3.8, 4) is 17.0 Å². The standard InChI is InChI=1S/C20H24N4O/c1-15-5-3-8-19-22-20(16-6-4-7-17(13-16)25-2)18(24(15)19)14-23-11-9-21-10-12-23/h3-8,13,21H,9-12,14H2,1-2H3. The Morgan fingerprint density at radius 2 is 1.92 bits per heavy atom. The van der Waals surface area contributed by atoms with Gasteiger partial charge in [0.15, 0.2) is 0 Å². The quantitative estimate of drug-likeness (QED) is 0.795. The molecule has 5 heteroatoms. The van der Waals surface area contributed by atoms with E-state index in [1.807, 2.05) is 12.1 Å². The molecule has 2 aromatic heterocycles. The van der Waals surface area contributed by atoms with Gasteiger partial charge in [-0.25, -0.2) is 4.98 Å². The molecule has 1 saturated heterocycles. The molecule has 0 spiro atoms. The highest BCUT2D eigenvalue weighted by Gasteiger charge is 2.19. The monoisotopic (exact) mass is 336 g/mol. The van der Waals surface area contributed by atoms with Gasteiger partial charge in [0.1, 0.15) is 11.4 Å². The van der Waals surface area contributed by atoms with Gasteiger partial charge in [0.05, 0.1) is 18.5 Å². The summed E-state index contributed by atoms with van der Waals surface area (Å²) in [6, 6.07) is 14.5. The fourth-order valence-corrected chi connectivity index (χ4v) is 3.55. The van der Waals surface area contributed by atoms with E-state index >= 15 is 0 Å². The van der Waals surface area contributed by atoms with Crippen molar-refractivity contribution < 1.29 is 4.74 Å². The number of hydrogen-bond donors (Lipinski definition) is 1. The predicted molar refractivity (Wildman–Crippen MR) is 100 cm³/mol. The first-order chi connectivity index (χ1) is 12.3. The molecule has 0 unspecified atom stereocenters. The Balaban J connectivity index is 1.84. The third kappa shape index (κ3) is 3.13. The average Bonchev–Trinajstić information content (AvgIpc) is 3.02. The van der Waals surface area contributed by atoms with E-state index in [1.54, 1.807) is 7.11 Å². The van der Waals surface area contributed by atoms with Crippen molar-refractivity contribution in [3.05, 3.63) is 53.9 Å². The van der Waals surface area contributed by atoms with Crippen molar-refractivity contribution in [2.45, 2.75) is 13.5 Å². The molecular formula is C20H24N4O. The van der Waals surface area contributed by atoms with Gasteiger partial charge in [-0.2, -0.15) is 0 Å². The molecule has 0 radical (unpaired) electrons. The van der Waals surface area contributed by atoms with Gasteiger partial charge in [0.25, 0.3) is 0 Å². The van der Waals surface area contributed by atoms with E-state index in [1.165, 1.54) is 11.4 Å². The number of hydrogen-bond acceptors (Lipinski definition) is 4. The minimum absolute atomic E-state index is 0.861. The molecule has 0 saturated carbocycles. The summed E-state index contributed by atoms with van der Waals surface area (Å²) in [7, 11) is 1.70. The Hall–Kier alpha value is -2.37. The van der Waals surface area contributed by atoms with Gasteiger partial charge in [0.2, 0.25) is 0 Å². The molecule has 1 aliphatic heterocycles. The van der Waals surface area contributed by atoms with Crippen LogP contribution in [0.3, 0.4) is 0 Å². The molecular weight excluding hydrogens is 312 g/mol. The summed E-state index contributed by atoms with van der Waals surface area (Å²) in [5.41, 5.74) is 5.62. The zero-order chi connectivity index (χ0) is 17.2. The van der Waals surface area contributed by atoms with E-state index < -0.39 is 0 Å². The lowest BCUT2D eigenvalue weighted by Crippen LogP contribution is -2.43. The zero-order valence-electron chi connectivity index (χ0n) is 14.8. The van der Waals surface area contributed by atoms with Gasteiger partial charge >= 0.3 is 0 Å². The third-order valence-corrected chi connectivity index (χ3v) is 4.86. The van der Waals surface area contributed by atoms with E-state index in [4.69, 9.17) is 9.72 Å². The first kappa shape index (κ1) is 16.1. The SMILES string of the molecule is COc1cccc(-c2nc3cccc(C)n3c2CN2CCNCC2)c1.